The highest BCUT2D eigenvalue weighted by Gasteiger charge is 2.06. The van der Waals surface area contributed by atoms with Crippen molar-refractivity contribution in [2.75, 3.05) is 6.61 Å². The molecule has 21 heavy (non-hydrogen) atoms. The van der Waals surface area contributed by atoms with E-state index in [1.165, 1.54) is 11.1 Å². The fraction of sp³-hybridized carbons (Fsp3) is 0.471. The molecule has 0 spiro atoms. The van der Waals surface area contributed by atoms with Crippen molar-refractivity contribution >= 4 is 11.3 Å². The molecule has 114 valence electrons. The third-order valence-electron chi connectivity index (χ3n) is 3.26. The SMILES string of the molecule is Cc1cccc(C)c1OCCc1nc(CNC(C)C)cs1. The van der Waals surface area contributed by atoms with Crippen LogP contribution in [0, 0.1) is 13.8 Å². The van der Waals surface area contributed by atoms with Crippen molar-refractivity contribution in [1.29, 1.82) is 0 Å². The van der Waals surface area contributed by atoms with Crippen molar-refractivity contribution in [2.45, 2.75) is 46.7 Å². The highest BCUT2D eigenvalue weighted by atomic mass is 32.1. The molecule has 0 aliphatic heterocycles. The largest absolute Gasteiger partial charge is 0.493 e. The highest BCUT2D eigenvalue weighted by molar-refractivity contribution is 7.09. The summed E-state index contributed by atoms with van der Waals surface area (Å²) >= 11 is 1.71. The second kappa shape index (κ2) is 7.57. The minimum Gasteiger partial charge on any atom is -0.493 e. The van der Waals surface area contributed by atoms with Crippen LogP contribution in [0.1, 0.15) is 35.7 Å². The lowest BCUT2D eigenvalue weighted by Gasteiger charge is -2.11. The van der Waals surface area contributed by atoms with Crippen molar-refractivity contribution in [3.8, 4) is 5.75 Å². The van der Waals surface area contributed by atoms with Crippen LogP contribution in [0.4, 0.5) is 0 Å². The Balaban J connectivity index is 1.84. The van der Waals surface area contributed by atoms with Crippen molar-refractivity contribution in [2.24, 2.45) is 0 Å². The molecular weight excluding hydrogens is 280 g/mol. The Hall–Kier alpha value is -1.39. The summed E-state index contributed by atoms with van der Waals surface area (Å²) in [5.74, 6) is 1.01. The number of para-hydroxylation sites is 1. The third kappa shape index (κ3) is 4.83. The van der Waals surface area contributed by atoms with Crippen molar-refractivity contribution in [1.82, 2.24) is 10.3 Å². The minimum absolute atomic E-state index is 0.488. The van der Waals surface area contributed by atoms with Gasteiger partial charge in [-0.05, 0) is 25.0 Å². The Morgan fingerprint density at radius 3 is 2.62 bits per heavy atom. The molecule has 0 bridgehead atoms. The molecule has 3 nitrogen and oxygen atoms in total. The van der Waals surface area contributed by atoms with Gasteiger partial charge in [0.1, 0.15) is 5.75 Å². The summed E-state index contributed by atoms with van der Waals surface area (Å²) in [6, 6.07) is 6.72. The van der Waals surface area contributed by atoms with E-state index in [0.717, 1.165) is 29.4 Å². The Labute approximate surface area is 131 Å². The predicted molar refractivity (Wildman–Crippen MR) is 89.2 cm³/mol. The van der Waals surface area contributed by atoms with Crippen LogP contribution in [0.5, 0.6) is 5.75 Å². The van der Waals surface area contributed by atoms with Gasteiger partial charge < -0.3 is 10.1 Å². The molecule has 0 atom stereocenters. The fourth-order valence-corrected chi connectivity index (χ4v) is 2.90. The number of benzene rings is 1. The first-order valence-corrected chi connectivity index (χ1v) is 8.30. The zero-order valence-corrected chi connectivity index (χ0v) is 14.1. The lowest BCUT2D eigenvalue weighted by molar-refractivity contribution is 0.317. The molecule has 1 N–H and O–H groups in total. The van der Waals surface area contributed by atoms with Gasteiger partial charge in [-0.15, -0.1) is 11.3 Å². The van der Waals surface area contributed by atoms with Crippen LogP contribution in [0.2, 0.25) is 0 Å². The molecule has 1 aromatic carbocycles. The maximum absolute atomic E-state index is 5.93. The van der Waals surface area contributed by atoms with E-state index in [-0.39, 0.29) is 0 Å². The number of ether oxygens (including phenoxy) is 1. The second-order valence-corrected chi connectivity index (χ2v) is 6.53. The van der Waals surface area contributed by atoms with E-state index in [4.69, 9.17) is 4.74 Å². The lowest BCUT2D eigenvalue weighted by atomic mass is 10.1. The van der Waals surface area contributed by atoms with Gasteiger partial charge in [0.15, 0.2) is 0 Å². The van der Waals surface area contributed by atoms with Crippen LogP contribution < -0.4 is 10.1 Å². The van der Waals surface area contributed by atoms with E-state index in [9.17, 15) is 0 Å². The maximum Gasteiger partial charge on any atom is 0.125 e. The number of hydrogen-bond acceptors (Lipinski definition) is 4. The first-order valence-electron chi connectivity index (χ1n) is 7.42. The van der Waals surface area contributed by atoms with Crippen LogP contribution in [-0.2, 0) is 13.0 Å². The highest BCUT2D eigenvalue weighted by Crippen LogP contribution is 2.22. The number of nitrogens with one attached hydrogen (secondary N) is 1. The first-order chi connectivity index (χ1) is 10.1. The first kappa shape index (κ1) is 16.0. The van der Waals surface area contributed by atoms with E-state index in [1.54, 1.807) is 11.3 Å². The van der Waals surface area contributed by atoms with Gasteiger partial charge in [-0.2, -0.15) is 0 Å². The number of aryl methyl sites for hydroxylation is 2. The molecule has 0 amide bonds. The average Bonchev–Trinajstić information content (AvgIpc) is 2.88. The van der Waals surface area contributed by atoms with Crippen molar-refractivity contribution < 1.29 is 4.74 Å². The third-order valence-corrected chi connectivity index (χ3v) is 4.22. The summed E-state index contributed by atoms with van der Waals surface area (Å²) in [4.78, 5) is 4.63. The van der Waals surface area contributed by atoms with E-state index < -0.39 is 0 Å². The summed E-state index contributed by atoms with van der Waals surface area (Å²) in [5, 5.41) is 6.65. The van der Waals surface area contributed by atoms with E-state index in [1.807, 2.05) is 0 Å². The number of rotatable bonds is 7. The van der Waals surface area contributed by atoms with Crippen LogP contribution in [0.15, 0.2) is 23.6 Å². The van der Waals surface area contributed by atoms with Crippen molar-refractivity contribution in [3.05, 3.63) is 45.4 Å². The molecule has 0 aliphatic rings. The van der Waals surface area contributed by atoms with Crippen LogP contribution >= 0.6 is 11.3 Å². The molecule has 0 unspecified atom stereocenters. The molecule has 0 saturated heterocycles. The summed E-state index contributed by atoms with van der Waals surface area (Å²) < 4.78 is 5.93. The average molecular weight is 304 g/mol. The summed E-state index contributed by atoms with van der Waals surface area (Å²) in [5.41, 5.74) is 3.50. The maximum atomic E-state index is 5.93. The van der Waals surface area contributed by atoms with Gasteiger partial charge in [0.05, 0.1) is 17.3 Å². The number of hydrogen-bond donors (Lipinski definition) is 1. The normalized spacial score (nSPS) is 11.1. The van der Waals surface area contributed by atoms with Gasteiger partial charge in [-0.25, -0.2) is 4.98 Å². The van der Waals surface area contributed by atoms with Gasteiger partial charge in [0.25, 0.3) is 0 Å². The summed E-state index contributed by atoms with van der Waals surface area (Å²) in [7, 11) is 0. The monoisotopic (exact) mass is 304 g/mol. The summed E-state index contributed by atoms with van der Waals surface area (Å²) in [6.45, 7) is 9.97. The van der Waals surface area contributed by atoms with Gasteiger partial charge >= 0.3 is 0 Å². The predicted octanol–water partition coefficient (Wildman–Crippen LogP) is 3.88. The Morgan fingerprint density at radius 2 is 1.95 bits per heavy atom. The molecule has 0 aliphatic carbocycles. The van der Waals surface area contributed by atoms with Crippen molar-refractivity contribution in [3.63, 3.8) is 0 Å². The molecule has 1 aromatic heterocycles. The molecule has 0 saturated carbocycles. The van der Waals surface area contributed by atoms with Gasteiger partial charge in [0, 0.05) is 24.4 Å². The van der Waals surface area contributed by atoms with Gasteiger partial charge in [-0.1, -0.05) is 32.0 Å². The molecule has 2 rings (SSSR count). The molecule has 2 aromatic rings. The van der Waals surface area contributed by atoms with Crippen LogP contribution in [0.3, 0.4) is 0 Å². The Kier molecular flexibility index (Phi) is 5.76. The fourth-order valence-electron chi connectivity index (χ4n) is 2.12. The van der Waals surface area contributed by atoms with E-state index in [2.05, 4.69) is 61.6 Å². The minimum atomic E-state index is 0.488. The smallest absolute Gasteiger partial charge is 0.125 e. The zero-order valence-electron chi connectivity index (χ0n) is 13.3. The molecular formula is C17H24N2OS. The molecule has 0 radical (unpaired) electrons. The lowest BCUT2D eigenvalue weighted by Crippen LogP contribution is -2.21. The van der Waals surface area contributed by atoms with Crippen LogP contribution in [-0.4, -0.2) is 17.6 Å². The Morgan fingerprint density at radius 1 is 1.24 bits per heavy atom. The molecule has 1 heterocycles. The summed E-state index contributed by atoms with van der Waals surface area (Å²) in [6.07, 6.45) is 0.861. The number of aromatic nitrogens is 1. The zero-order chi connectivity index (χ0) is 15.2. The number of thiazole rings is 1. The second-order valence-electron chi connectivity index (χ2n) is 5.59. The molecule has 0 fully saturated rings. The quantitative estimate of drug-likeness (QED) is 0.843. The standard InChI is InChI=1S/C17H24N2OS/c1-12(2)18-10-15-11-21-16(19-15)8-9-20-17-13(3)6-5-7-14(17)4/h5-7,11-12,18H,8-10H2,1-4H3. The Bertz CT molecular complexity index is 558. The van der Waals surface area contributed by atoms with Gasteiger partial charge in [0.2, 0.25) is 0 Å². The van der Waals surface area contributed by atoms with Crippen LogP contribution in [0.25, 0.3) is 0 Å². The van der Waals surface area contributed by atoms with E-state index in [0.29, 0.717) is 12.6 Å². The van der Waals surface area contributed by atoms with Gasteiger partial charge in [-0.3, -0.25) is 0 Å². The number of nitrogens with zero attached hydrogens (tertiary/aromatic N) is 1. The molecule has 4 heteroatoms. The topological polar surface area (TPSA) is 34.1 Å². The van der Waals surface area contributed by atoms with E-state index >= 15 is 0 Å².